The number of anilines is 1. The average molecular weight is 216 g/mol. The Kier molecular flexibility index (Phi) is 4.10. The second-order valence-corrected chi connectivity index (χ2v) is 3.28. The first kappa shape index (κ1) is 11.8. The molecule has 16 heavy (non-hydrogen) atoms. The molecule has 0 atom stereocenters. The summed E-state index contributed by atoms with van der Waals surface area (Å²) in [5, 5.41) is 17.1. The van der Waals surface area contributed by atoms with Gasteiger partial charge in [0, 0.05) is 25.4 Å². The van der Waals surface area contributed by atoms with Gasteiger partial charge in [0.05, 0.1) is 11.6 Å². The van der Waals surface area contributed by atoms with E-state index < -0.39 is 5.97 Å². The predicted molar refractivity (Wildman–Crippen MR) is 61.2 cm³/mol. The first-order valence-corrected chi connectivity index (χ1v) is 4.74. The van der Waals surface area contributed by atoms with E-state index in [0.29, 0.717) is 12.1 Å². The minimum absolute atomic E-state index is 0.512. The molecule has 0 bridgehead atoms. The zero-order valence-corrected chi connectivity index (χ0v) is 8.92. The number of benzene rings is 1. The van der Waals surface area contributed by atoms with Crippen LogP contribution in [0.15, 0.2) is 36.4 Å². The molecular formula is C12H12N2O2. The first-order chi connectivity index (χ1) is 7.63. The summed E-state index contributed by atoms with van der Waals surface area (Å²) in [5.74, 6) is -0.951. The van der Waals surface area contributed by atoms with E-state index in [1.54, 1.807) is 18.2 Å². The van der Waals surface area contributed by atoms with E-state index in [1.807, 2.05) is 30.1 Å². The molecular weight excluding hydrogens is 204 g/mol. The SMILES string of the molecule is CN(CC=CC(=O)O)c1ccc(C#N)cc1. The summed E-state index contributed by atoms with van der Waals surface area (Å²) in [7, 11) is 1.85. The number of carbonyl (C=O) groups is 1. The second-order valence-electron chi connectivity index (χ2n) is 3.28. The van der Waals surface area contributed by atoms with Crippen molar-refractivity contribution in [2.45, 2.75) is 0 Å². The lowest BCUT2D eigenvalue weighted by atomic mass is 10.2. The van der Waals surface area contributed by atoms with E-state index >= 15 is 0 Å². The molecule has 0 heterocycles. The third-order valence-electron chi connectivity index (χ3n) is 2.08. The molecule has 4 nitrogen and oxygen atoms in total. The van der Waals surface area contributed by atoms with Gasteiger partial charge in [-0.05, 0) is 24.3 Å². The van der Waals surface area contributed by atoms with Gasteiger partial charge in [0.2, 0.25) is 0 Å². The Bertz CT molecular complexity index is 429. The Balaban J connectivity index is 2.63. The minimum Gasteiger partial charge on any atom is -0.478 e. The van der Waals surface area contributed by atoms with Crippen molar-refractivity contribution in [2.24, 2.45) is 0 Å². The van der Waals surface area contributed by atoms with E-state index in [2.05, 4.69) is 0 Å². The molecule has 4 heteroatoms. The zero-order valence-electron chi connectivity index (χ0n) is 8.92. The Morgan fingerprint density at radius 1 is 1.50 bits per heavy atom. The van der Waals surface area contributed by atoms with Gasteiger partial charge < -0.3 is 10.0 Å². The number of nitrogens with zero attached hydrogens (tertiary/aromatic N) is 2. The number of rotatable bonds is 4. The van der Waals surface area contributed by atoms with Gasteiger partial charge >= 0.3 is 5.97 Å². The molecule has 0 aliphatic rings. The molecule has 0 unspecified atom stereocenters. The fraction of sp³-hybridized carbons (Fsp3) is 0.167. The lowest BCUT2D eigenvalue weighted by Crippen LogP contribution is -2.16. The maximum atomic E-state index is 10.3. The van der Waals surface area contributed by atoms with Crippen molar-refractivity contribution < 1.29 is 9.90 Å². The summed E-state index contributed by atoms with van der Waals surface area (Å²) in [6.45, 7) is 0.512. The van der Waals surface area contributed by atoms with Crippen LogP contribution in [0.5, 0.6) is 0 Å². The zero-order chi connectivity index (χ0) is 12.0. The van der Waals surface area contributed by atoms with Crippen LogP contribution in [-0.4, -0.2) is 24.7 Å². The van der Waals surface area contributed by atoms with Gasteiger partial charge in [-0.3, -0.25) is 0 Å². The number of hydrogen-bond donors (Lipinski definition) is 1. The van der Waals surface area contributed by atoms with E-state index in [9.17, 15) is 4.79 Å². The highest BCUT2D eigenvalue weighted by Gasteiger charge is 1.98. The average Bonchev–Trinajstić information content (AvgIpc) is 2.28. The molecule has 1 aromatic carbocycles. The number of nitriles is 1. The predicted octanol–water partition coefficient (Wildman–Crippen LogP) is 1.64. The van der Waals surface area contributed by atoms with Gasteiger partial charge in [0.25, 0.3) is 0 Å². The molecule has 1 aromatic rings. The molecule has 0 aliphatic heterocycles. The fourth-order valence-electron chi connectivity index (χ4n) is 1.21. The van der Waals surface area contributed by atoms with Crippen LogP contribution >= 0.6 is 0 Å². The molecule has 0 saturated heterocycles. The summed E-state index contributed by atoms with van der Waals surface area (Å²) in [6, 6.07) is 9.15. The molecule has 1 N–H and O–H groups in total. The van der Waals surface area contributed by atoms with Crippen molar-refractivity contribution in [3.63, 3.8) is 0 Å². The molecule has 0 radical (unpaired) electrons. The van der Waals surface area contributed by atoms with Gasteiger partial charge in [-0.25, -0.2) is 4.79 Å². The Morgan fingerprint density at radius 3 is 2.62 bits per heavy atom. The van der Waals surface area contributed by atoms with Crippen LogP contribution in [0.2, 0.25) is 0 Å². The van der Waals surface area contributed by atoms with Crippen LogP contribution in [0.25, 0.3) is 0 Å². The van der Waals surface area contributed by atoms with Gasteiger partial charge in [-0.2, -0.15) is 5.26 Å². The number of likely N-dealkylation sites (N-methyl/N-ethyl adjacent to an activating group) is 1. The van der Waals surface area contributed by atoms with Gasteiger partial charge in [-0.15, -0.1) is 0 Å². The van der Waals surface area contributed by atoms with Crippen LogP contribution in [-0.2, 0) is 4.79 Å². The Labute approximate surface area is 94.0 Å². The summed E-state index contributed by atoms with van der Waals surface area (Å²) < 4.78 is 0. The monoisotopic (exact) mass is 216 g/mol. The molecule has 0 fully saturated rings. The standard InChI is InChI=1S/C12H12N2O2/c1-14(8-2-3-12(15)16)11-6-4-10(9-13)5-7-11/h2-7H,8H2,1H3,(H,15,16). The third kappa shape index (κ3) is 3.46. The summed E-state index contributed by atoms with van der Waals surface area (Å²) in [4.78, 5) is 12.1. The number of carboxylic acid groups (broad SMARTS) is 1. The molecule has 0 spiro atoms. The molecule has 0 aliphatic carbocycles. The van der Waals surface area contributed by atoms with Crippen LogP contribution in [0, 0.1) is 11.3 Å². The highest BCUT2D eigenvalue weighted by atomic mass is 16.4. The van der Waals surface area contributed by atoms with Crippen molar-refractivity contribution in [2.75, 3.05) is 18.5 Å². The topological polar surface area (TPSA) is 64.3 Å². The molecule has 1 rings (SSSR count). The lowest BCUT2D eigenvalue weighted by molar-refractivity contribution is -0.131. The van der Waals surface area contributed by atoms with E-state index in [0.717, 1.165) is 11.8 Å². The van der Waals surface area contributed by atoms with E-state index in [4.69, 9.17) is 10.4 Å². The lowest BCUT2D eigenvalue weighted by Gasteiger charge is -2.16. The van der Waals surface area contributed by atoms with E-state index in [-0.39, 0.29) is 0 Å². The highest BCUT2D eigenvalue weighted by Crippen LogP contribution is 2.12. The van der Waals surface area contributed by atoms with Crippen LogP contribution in [0.3, 0.4) is 0 Å². The maximum absolute atomic E-state index is 10.3. The summed E-state index contributed by atoms with van der Waals surface area (Å²) >= 11 is 0. The van der Waals surface area contributed by atoms with Crippen LogP contribution in [0.1, 0.15) is 5.56 Å². The van der Waals surface area contributed by atoms with Crippen molar-refractivity contribution >= 4 is 11.7 Å². The smallest absolute Gasteiger partial charge is 0.328 e. The fourth-order valence-corrected chi connectivity index (χ4v) is 1.21. The normalized spacial score (nSPS) is 10.0. The molecule has 0 aromatic heterocycles. The largest absolute Gasteiger partial charge is 0.478 e. The summed E-state index contributed by atoms with van der Waals surface area (Å²) in [6.07, 6.45) is 2.68. The third-order valence-corrected chi connectivity index (χ3v) is 2.08. The molecule has 82 valence electrons. The maximum Gasteiger partial charge on any atom is 0.328 e. The van der Waals surface area contributed by atoms with Crippen molar-refractivity contribution in [1.29, 1.82) is 5.26 Å². The van der Waals surface area contributed by atoms with Crippen LogP contribution < -0.4 is 4.90 Å². The van der Waals surface area contributed by atoms with Gasteiger partial charge in [0.15, 0.2) is 0 Å². The van der Waals surface area contributed by atoms with Crippen molar-refractivity contribution in [3.05, 3.63) is 42.0 Å². The Hall–Kier alpha value is -2.28. The van der Waals surface area contributed by atoms with Crippen molar-refractivity contribution in [1.82, 2.24) is 0 Å². The Morgan fingerprint density at radius 2 is 2.12 bits per heavy atom. The summed E-state index contributed by atoms with van der Waals surface area (Å²) in [5.41, 5.74) is 1.55. The molecule has 0 amide bonds. The van der Waals surface area contributed by atoms with Gasteiger partial charge in [0.1, 0.15) is 0 Å². The van der Waals surface area contributed by atoms with Gasteiger partial charge in [-0.1, -0.05) is 6.08 Å². The number of hydrogen-bond acceptors (Lipinski definition) is 3. The number of carboxylic acids is 1. The van der Waals surface area contributed by atoms with Crippen LogP contribution in [0.4, 0.5) is 5.69 Å². The number of aliphatic carboxylic acids is 1. The minimum atomic E-state index is -0.951. The van der Waals surface area contributed by atoms with E-state index in [1.165, 1.54) is 0 Å². The first-order valence-electron chi connectivity index (χ1n) is 4.74. The molecule has 0 saturated carbocycles. The second kappa shape index (κ2) is 5.56. The highest BCUT2D eigenvalue weighted by molar-refractivity contribution is 5.79. The quantitative estimate of drug-likeness (QED) is 0.777. The van der Waals surface area contributed by atoms with Crippen molar-refractivity contribution in [3.8, 4) is 6.07 Å².